The highest BCUT2D eigenvalue weighted by atomic mass is 35.5. The molecule has 2 heterocycles. The Kier molecular flexibility index (Phi) is 3.35. The Morgan fingerprint density at radius 3 is 2.67 bits per heavy atom. The maximum Gasteiger partial charge on any atom is 0.323 e. The fourth-order valence-electron chi connectivity index (χ4n) is 2.30. The summed E-state index contributed by atoms with van der Waals surface area (Å²) < 4.78 is 1.68. The molecule has 0 radical (unpaired) electrons. The largest absolute Gasteiger partial charge is 0.480 e. The number of aromatic nitrogens is 3. The molecule has 1 aromatic carbocycles. The number of rotatable bonds is 3. The van der Waals surface area contributed by atoms with Crippen molar-refractivity contribution in [2.24, 2.45) is 0 Å². The highest BCUT2D eigenvalue weighted by Crippen LogP contribution is 2.26. The first-order chi connectivity index (χ1) is 10.1. The predicted molar refractivity (Wildman–Crippen MR) is 80.3 cm³/mol. The Hall–Kier alpha value is -2.40. The van der Waals surface area contributed by atoms with Crippen LogP contribution in [0.4, 0.5) is 0 Å². The van der Waals surface area contributed by atoms with Crippen molar-refractivity contribution in [2.75, 3.05) is 0 Å². The first kappa shape index (κ1) is 13.6. The molecule has 21 heavy (non-hydrogen) atoms. The van der Waals surface area contributed by atoms with E-state index in [4.69, 9.17) is 16.7 Å². The molecular weight excluding hydrogens is 290 g/mol. The molecule has 0 atom stereocenters. The third-order valence-electron chi connectivity index (χ3n) is 3.25. The van der Waals surface area contributed by atoms with Gasteiger partial charge >= 0.3 is 5.97 Å². The molecule has 0 saturated carbocycles. The number of benzene rings is 1. The van der Waals surface area contributed by atoms with Gasteiger partial charge in [-0.3, -0.25) is 9.78 Å². The van der Waals surface area contributed by atoms with Gasteiger partial charge < -0.3 is 9.67 Å². The lowest BCUT2D eigenvalue weighted by atomic mass is 10.2. The van der Waals surface area contributed by atoms with E-state index in [-0.39, 0.29) is 6.54 Å². The Labute approximate surface area is 125 Å². The fraction of sp³-hybridized carbons (Fsp3) is 0.133. The van der Waals surface area contributed by atoms with Crippen LogP contribution in [0.1, 0.15) is 5.69 Å². The molecule has 2 aromatic heterocycles. The number of carboxylic acids is 1. The van der Waals surface area contributed by atoms with Gasteiger partial charge in [-0.1, -0.05) is 11.6 Å². The summed E-state index contributed by atoms with van der Waals surface area (Å²) in [7, 11) is 0. The second-order valence-electron chi connectivity index (χ2n) is 4.69. The van der Waals surface area contributed by atoms with E-state index in [2.05, 4.69) is 9.97 Å². The van der Waals surface area contributed by atoms with Gasteiger partial charge in [-0.25, -0.2) is 4.98 Å². The van der Waals surface area contributed by atoms with E-state index in [0.717, 1.165) is 16.8 Å². The number of aryl methyl sites for hydroxylation is 1. The summed E-state index contributed by atoms with van der Waals surface area (Å²) in [6.07, 6.45) is 1.66. The van der Waals surface area contributed by atoms with Crippen LogP contribution in [0.15, 0.2) is 36.5 Å². The highest BCUT2D eigenvalue weighted by Gasteiger charge is 2.16. The first-order valence-electron chi connectivity index (χ1n) is 6.36. The van der Waals surface area contributed by atoms with E-state index in [1.54, 1.807) is 29.0 Å². The molecule has 0 saturated heterocycles. The molecule has 5 nitrogen and oxygen atoms in total. The second-order valence-corrected chi connectivity index (χ2v) is 5.12. The van der Waals surface area contributed by atoms with Gasteiger partial charge in [-0.2, -0.15) is 0 Å². The second kappa shape index (κ2) is 5.18. The normalized spacial score (nSPS) is 11.0. The van der Waals surface area contributed by atoms with Crippen molar-refractivity contribution >= 4 is 28.6 Å². The summed E-state index contributed by atoms with van der Waals surface area (Å²) in [5.41, 5.74) is 3.06. The van der Waals surface area contributed by atoms with Crippen molar-refractivity contribution < 1.29 is 9.90 Å². The number of halogens is 1. The molecule has 0 bridgehead atoms. The van der Waals surface area contributed by atoms with Gasteiger partial charge in [0.25, 0.3) is 0 Å². The summed E-state index contributed by atoms with van der Waals surface area (Å²) in [4.78, 5) is 19.9. The van der Waals surface area contributed by atoms with E-state index >= 15 is 0 Å². The number of carboxylic acid groups (broad SMARTS) is 1. The van der Waals surface area contributed by atoms with Crippen molar-refractivity contribution in [1.29, 1.82) is 0 Å². The van der Waals surface area contributed by atoms with Crippen molar-refractivity contribution in [3.05, 3.63) is 47.2 Å². The average molecular weight is 302 g/mol. The molecule has 3 rings (SSSR count). The van der Waals surface area contributed by atoms with E-state index in [9.17, 15) is 4.79 Å². The minimum Gasteiger partial charge on any atom is -0.480 e. The van der Waals surface area contributed by atoms with Gasteiger partial charge in [0.05, 0.1) is 11.2 Å². The molecule has 0 aliphatic rings. The maximum absolute atomic E-state index is 11.1. The lowest BCUT2D eigenvalue weighted by molar-refractivity contribution is -0.137. The summed E-state index contributed by atoms with van der Waals surface area (Å²) in [5.74, 6) is -0.320. The number of imidazole rings is 1. The molecule has 0 aliphatic heterocycles. The smallest absolute Gasteiger partial charge is 0.323 e. The lowest BCUT2D eigenvalue weighted by Crippen LogP contribution is -2.10. The Morgan fingerprint density at radius 1 is 1.29 bits per heavy atom. The van der Waals surface area contributed by atoms with Crippen LogP contribution in [-0.4, -0.2) is 25.6 Å². The third kappa shape index (κ3) is 2.48. The van der Waals surface area contributed by atoms with Gasteiger partial charge in [0.15, 0.2) is 0 Å². The quantitative estimate of drug-likeness (QED) is 0.807. The van der Waals surface area contributed by atoms with Gasteiger partial charge in [0.1, 0.15) is 17.9 Å². The summed E-state index contributed by atoms with van der Waals surface area (Å²) in [6, 6.07) is 8.94. The van der Waals surface area contributed by atoms with Crippen LogP contribution in [0.5, 0.6) is 0 Å². The SMILES string of the molecule is Cc1nccc2c1nc(-c1ccc(Cl)cc1)n2CC(=O)O. The minimum atomic E-state index is -0.918. The topological polar surface area (TPSA) is 68.0 Å². The first-order valence-corrected chi connectivity index (χ1v) is 6.73. The van der Waals surface area contributed by atoms with Gasteiger partial charge in [-0.15, -0.1) is 0 Å². The van der Waals surface area contributed by atoms with Crippen LogP contribution in [0.25, 0.3) is 22.4 Å². The molecule has 0 amide bonds. The van der Waals surface area contributed by atoms with Crippen LogP contribution in [-0.2, 0) is 11.3 Å². The van der Waals surface area contributed by atoms with Gasteiger partial charge in [0, 0.05) is 16.8 Å². The number of fused-ring (bicyclic) bond motifs is 1. The molecule has 6 heteroatoms. The molecule has 1 N–H and O–H groups in total. The van der Waals surface area contributed by atoms with E-state index < -0.39 is 5.97 Å². The zero-order chi connectivity index (χ0) is 15.0. The zero-order valence-corrected chi connectivity index (χ0v) is 12.0. The Bertz CT molecular complexity index is 825. The average Bonchev–Trinajstić information content (AvgIpc) is 2.80. The molecule has 3 aromatic rings. The van der Waals surface area contributed by atoms with E-state index in [1.165, 1.54) is 0 Å². The molecule has 106 valence electrons. The third-order valence-corrected chi connectivity index (χ3v) is 3.50. The van der Waals surface area contributed by atoms with Crippen LogP contribution in [0, 0.1) is 6.92 Å². The van der Waals surface area contributed by atoms with Crippen LogP contribution in [0.2, 0.25) is 5.02 Å². The van der Waals surface area contributed by atoms with Gasteiger partial charge in [0.2, 0.25) is 0 Å². The van der Waals surface area contributed by atoms with Crippen molar-refractivity contribution in [3.8, 4) is 11.4 Å². The number of aliphatic carboxylic acids is 1. The highest BCUT2D eigenvalue weighted by molar-refractivity contribution is 6.30. The number of nitrogens with zero attached hydrogens (tertiary/aromatic N) is 3. The fourth-order valence-corrected chi connectivity index (χ4v) is 2.42. The van der Waals surface area contributed by atoms with E-state index in [1.807, 2.05) is 19.1 Å². The molecule has 0 spiro atoms. The van der Waals surface area contributed by atoms with Crippen LogP contribution >= 0.6 is 11.6 Å². The number of hydrogen-bond donors (Lipinski definition) is 1. The summed E-state index contributed by atoms with van der Waals surface area (Å²) >= 11 is 5.90. The zero-order valence-electron chi connectivity index (χ0n) is 11.2. The summed E-state index contributed by atoms with van der Waals surface area (Å²) in [5, 5.41) is 9.77. The van der Waals surface area contributed by atoms with Crippen molar-refractivity contribution in [1.82, 2.24) is 14.5 Å². The monoisotopic (exact) mass is 301 g/mol. The molecule has 0 unspecified atom stereocenters. The number of pyridine rings is 1. The molecule has 0 fully saturated rings. The van der Waals surface area contributed by atoms with Crippen LogP contribution < -0.4 is 0 Å². The Morgan fingerprint density at radius 2 is 2.00 bits per heavy atom. The van der Waals surface area contributed by atoms with Crippen LogP contribution in [0.3, 0.4) is 0 Å². The van der Waals surface area contributed by atoms with E-state index in [0.29, 0.717) is 16.4 Å². The van der Waals surface area contributed by atoms with Crippen molar-refractivity contribution in [2.45, 2.75) is 13.5 Å². The molecular formula is C15H12ClN3O2. The Balaban J connectivity index is 2.27. The maximum atomic E-state index is 11.1. The molecule has 0 aliphatic carbocycles. The number of hydrogen-bond acceptors (Lipinski definition) is 3. The van der Waals surface area contributed by atoms with Crippen molar-refractivity contribution in [3.63, 3.8) is 0 Å². The standard InChI is InChI=1S/C15H12ClN3O2/c1-9-14-12(6-7-17-9)19(8-13(20)21)15(18-14)10-2-4-11(16)5-3-10/h2-7H,8H2,1H3,(H,20,21). The lowest BCUT2D eigenvalue weighted by Gasteiger charge is -2.06. The number of carbonyl (C=O) groups is 1. The predicted octanol–water partition coefficient (Wildman–Crippen LogP) is 3.14. The minimum absolute atomic E-state index is 0.155. The summed E-state index contributed by atoms with van der Waals surface area (Å²) in [6.45, 7) is 1.70. The van der Waals surface area contributed by atoms with Gasteiger partial charge in [-0.05, 0) is 37.3 Å².